The molecule has 6 N–H and O–H groups in total. The Morgan fingerprint density at radius 3 is 2.52 bits per heavy atom. The van der Waals surface area contributed by atoms with Gasteiger partial charge in [-0.25, -0.2) is 0 Å². The smallest absolute Gasteiger partial charge is 0.227 e. The maximum Gasteiger partial charge on any atom is 0.227 e. The van der Waals surface area contributed by atoms with Crippen LogP contribution in [0.2, 0.25) is 0 Å². The number of nitrogens with two attached hydrogens (primary N) is 3. The highest BCUT2D eigenvalue weighted by Gasteiger charge is 2.33. The lowest BCUT2D eigenvalue weighted by atomic mass is 9.82. The third kappa shape index (κ3) is 2.22. The minimum Gasteiger partial charge on any atom is -0.438 e. The number of aromatic nitrogens is 1. The third-order valence-electron chi connectivity index (χ3n) is 4.36. The minimum absolute atomic E-state index is 0.0536. The molecule has 0 saturated heterocycles. The van der Waals surface area contributed by atoms with Crippen LogP contribution in [0, 0.1) is 11.3 Å². The van der Waals surface area contributed by atoms with Gasteiger partial charge in [0.05, 0.1) is 11.3 Å². The summed E-state index contributed by atoms with van der Waals surface area (Å²) in [7, 11) is 0. The van der Waals surface area contributed by atoms with Gasteiger partial charge in [0.2, 0.25) is 5.88 Å². The predicted octanol–water partition coefficient (Wildman–Crippen LogP) is 2.99. The van der Waals surface area contributed by atoms with Crippen molar-refractivity contribution in [2.45, 2.75) is 5.92 Å². The Morgan fingerprint density at radius 1 is 1.04 bits per heavy atom. The van der Waals surface area contributed by atoms with Crippen LogP contribution in [-0.4, -0.2) is 4.98 Å². The van der Waals surface area contributed by atoms with Gasteiger partial charge in [0.1, 0.15) is 23.2 Å². The van der Waals surface area contributed by atoms with Crippen LogP contribution < -0.4 is 21.9 Å². The molecule has 2 aromatic carbocycles. The van der Waals surface area contributed by atoms with Gasteiger partial charge in [-0.15, -0.1) is 0 Å². The maximum atomic E-state index is 9.38. The zero-order chi connectivity index (χ0) is 17.6. The fraction of sp³-hybridized carbons (Fsp3) is 0.0526. The van der Waals surface area contributed by atoms with Crippen LogP contribution in [0.3, 0.4) is 0 Å². The van der Waals surface area contributed by atoms with E-state index >= 15 is 0 Å². The molecule has 1 aliphatic heterocycles. The topological polar surface area (TPSA) is 124 Å². The molecule has 0 spiro atoms. The van der Waals surface area contributed by atoms with Crippen molar-refractivity contribution in [2.24, 2.45) is 0 Å². The van der Waals surface area contributed by atoms with Crippen LogP contribution in [0.1, 0.15) is 28.2 Å². The SMILES string of the molecule is N#Cc1c(N)nc2c(c1N)[C@@H](c1ccccc1)c1ccc(N)cc1O2. The zero-order valence-corrected chi connectivity index (χ0v) is 13.2. The van der Waals surface area contributed by atoms with E-state index < -0.39 is 0 Å². The van der Waals surface area contributed by atoms with E-state index in [-0.39, 0.29) is 17.3 Å². The van der Waals surface area contributed by atoms with Crippen molar-refractivity contribution in [3.63, 3.8) is 0 Å². The first-order valence-electron chi connectivity index (χ1n) is 7.71. The highest BCUT2D eigenvalue weighted by molar-refractivity contribution is 5.75. The van der Waals surface area contributed by atoms with Gasteiger partial charge in [-0.05, 0) is 11.6 Å². The molecular weight excluding hydrogens is 314 g/mol. The summed E-state index contributed by atoms with van der Waals surface area (Å²) >= 11 is 0. The summed E-state index contributed by atoms with van der Waals surface area (Å²) in [6, 6.07) is 17.4. The van der Waals surface area contributed by atoms with Gasteiger partial charge in [0, 0.05) is 23.2 Å². The number of hydrogen-bond donors (Lipinski definition) is 3. The summed E-state index contributed by atoms with van der Waals surface area (Å²) in [5, 5.41) is 9.38. The van der Waals surface area contributed by atoms with Crippen LogP contribution in [0.15, 0.2) is 48.5 Å². The molecule has 2 heterocycles. The van der Waals surface area contributed by atoms with E-state index in [1.807, 2.05) is 48.5 Å². The number of nitrogen functional groups attached to an aromatic ring is 3. The lowest BCUT2D eigenvalue weighted by Crippen LogP contribution is -2.17. The first-order valence-corrected chi connectivity index (χ1v) is 7.71. The number of pyridine rings is 1. The van der Waals surface area contributed by atoms with Crippen molar-refractivity contribution < 1.29 is 4.74 Å². The number of hydrogen-bond acceptors (Lipinski definition) is 6. The van der Waals surface area contributed by atoms with Gasteiger partial charge in [0.25, 0.3) is 0 Å². The van der Waals surface area contributed by atoms with Crippen molar-refractivity contribution >= 4 is 17.2 Å². The van der Waals surface area contributed by atoms with Crippen molar-refractivity contribution in [1.29, 1.82) is 5.26 Å². The van der Waals surface area contributed by atoms with Gasteiger partial charge in [-0.1, -0.05) is 36.4 Å². The van der Waals surface area contributed by atoms with E-state index in [1.165, 1.54) is 0 Å². The number of nitriles is 1. The molecule has 25 heavy (non-hydrogen) atoms. The molecule has 0 aliphatic carbocycles. The number of anilines is 3. The summed E-state index contributed by atoms with van der Waals surface area (Å²) in [5.74, 6) is 0.747. The largest absolute Gasteiger partial charge is 0.438 e. The van der Waals surface area contributed by atoms with E-state index in [0.717, 1.165) is 11.1 Å². The molecule has 0 saturated carbocycles. The molecule has 4 rings (SSSR count). The number of benzene rings is 2. The van der Waals surface area contributed by atoms with Crippen molar-refractivity contribution in [2.75, 3.05) is 17.2 Å². The first-order chi connectivity index (χ1) is 12.1. The second kappa shape index (κ2) is 5.42. The Hall–Kier alpha value is -3.72. The Labute approximate surface area is 144 Å². The van der Waals surface area contributed by atoms with Gasteiger partial charge in [-0.2, -0.15) is 10.2 Å². The lowest BCUT2D eigenvalue weighted by molar-refractivity contribution is 0.435. The number of fused-ring (bicyclic) bond motifs is 2. The molecule has 0 bridgehead atoms. The zero-order valence-electron chi connectivity index (χ0n) is 13.2. The summed E-state index contributed by atoms with van der Waals surface area (Å²) in [4.78, 5) is 4.26. The summed E-state index contributed by atoms with van der Waals surface area (Å²) in [5.41, 5.74) is 21.7. The van der Waals surface area contributed by atoms with E-state index in [4.69, 9.17) is 21.9 Å². The van der Waals surface area contributed by atoms with E-state index in [2.05, 4.69) is 4.98 Å². The fourth-order valence-corrected chi connectivity index (χ4v) is 3.22. The Balaban J connectivity index is 2.05. The molecular formula is C19H15N5O. The van der Waals surface area contributed by atoms with Crippen molar-refractivity contribution in [3.8, 4) is 17.7 Å². The van der Waals surface area contributed by atoms with Crippen molar-refractivity contribution in [3.05, 3.63) is 70.8 Å². The van der Waals surface area contributed by atoms with Crippen LogP contribution in [0.4, 0.5) is 17.2 Å². The van der Waals surface area contributed by atoms with Gasteiger partial charge in [0.15, 0.2) is 0 Å². The number of ether oxygens (including phenoxy) is 1. The quantitative estimate of drug-likeness (QED) is 0.461. The molecule has 6 heteroatoms. The van der Waals surface area contributed by atoms with Crippen LogP contribution in [0.25, 0.3) is 0 Å². The first kappa shape index (κ1) is 14.8. The van der Waals surface area contributed by atoms with Crippen LogP contribution in [-0.2, 0) is 0 Å². The standard InChI is InChI=1S/C19H15N5O/c20-9-13-17(22)16-15(10-4-2-1-3-5-10)12-7-6-11(21)8-14(12)25-19(16)24-18(13)23/h1-8,15H,21H2,(H4,22,23,24)/t15-/m0/s1. The molecule has 6 nitrogen and oxygen atoms in total. The molecule has 122 valence electrons. The van der Waals surface area contributed by atoms with Gasteiger partial charge < -0.3 is 21.9 Å². The Morgan fingerprint density at radius 2 is 1.80 bits per heavy atom. The maximum absolute atomic E-state index is 9.38. The predicted molar refractivity (Wildman–Crippen MR) is 96.1 cm³/mol. The highest BCUT2D eigenvalue weighted by atomic mass is 16.5. The van der Waals surface area contributed by atoms with Gasteiger partial charge in [-0.3, -0.25) is 0 Å². The summed E-state index contributed by atoms with van der Waals surface area (Å²) < 4.78 is 5.91. The molecule has 1 aliphatic rings. The molecule has 0 unspecified atom stereocenters. The van der Waals surface area contributed by atoms with Crippen LogP contribution >= 0.6 is 0 Å². The molecule has 1 atom stereocenters. The van der Waals surface area contributed by atoms with E-state index in [9.17, 15) is 5.26 Å². The molecule has 0 fully saturated rings. The summed E-state index contributed by atoms with van der Waals surface area (Å²) in [6.07, 6.45) is 0. The fourth-order valence-electron chi connectivity index (χ4n) is 3.22. The molecule has 0 radical (unpaired) electrons. The van der Waals surface area contributed by atoms with E-state index in [1.54, 1.807) is 6.07 Å². The summed E-state index contributed by atoms with van der Waals surface area (Å²) in [6.45, 7) is 0. The average Bonchev–Trinajstić information content (AvgIpc) is 2.61. The second-order valence-electron chi connectivity index (χ2n) is 5.86. The van der Waals surface area contributed by atoms with Gasteiger partial charge >= 0.3 is 0 Å². The van der Waals surface area contributed by atoms with Crippen molar-refractivity contribution in [1.82, 2.24) is 4.98 Å². The molecule has 1 aromatic heterocycles. The highest BCUT2D eigenvalue weighted by Crippen LogP contribution is 2.50. The Bertz CT molecular complexity index is 1020. The van der Waals surface area contributed by atoms with E-state index in [0.29, 0.717) is 28.6 Å². The molecule has 3 aromatic rings. The monoisotopic (exact) mass is 329 g/mol. The average molecular weight is 329 g/mol. The van der Waals surface area contributed by atoms with Crippen LogP contribution in [0.5, 0.6) is 11.6 Å². The third-order valence-corrected chi connectivity index (χ3v) is 4.36. The minimum atomic E-state index is -0.222. The Kier molecular flexibility index (Phi) is 3.22. The lowest BCUT2D eigenvalue weighted by Gasteiger charge is -2.29. The normalized spacial score (nSPS) is 14.8. The molecule has 0 amide bonds. The number of nitrogens with zero attached hydrogens (tertiary/aromatic N) is 2. The second-order valence-corrected chi connectivity index (χ2v) is 5.86. The number of rotatable bonds is 1.